The molecule has 0 unspecified atom stereocenters. The van der Waals surface area contributed by atoms with Gasteiger partial charge in [-0.05, 0) is 97.2 Å². The summed E-state index contributed by atoms with van der Waals surface area (Å²) in [5.74, 6) is 0.341. The van der Waals surface area contributed by atoms with E-state index in [9.17, 15) is 19.2 Å². The van der Waals surface area contributed by atoms with E-state index in [-0.39, 0.29) is 83.6 Å². The van der Waals surface area contributed by atoms with Crippen molar-refractivity contribution in [3.63, 3.8) is 0 Å². The van der Waals surface area contributed by atoms with Gasteiger partial charge in [0.2, 0.25) is 11.8 Å². The molecule has 4 fully saturated rings. The zero-order chi connectivity index (χ0) is 53.2. The van der Waals surface area contributed by atoms with E-state index in [1.54, 1.807) is 0 Å². The molecule has 12 rings (SSSR count). The Morgan fingerprint density at radius 2 is 0.795 bits per heavy atom. The molecule has 12 nitrogen and oxygen atoms in total. The molecule has 78 heavy (non-hydrogen) atoms. The molecule has 6 aromatic carbocycles. The number of benzene rings is 6. The van der Waals surface area contributed by atoms with Crippen LogP contribution < -0.4 is 21.3 Å². The maximum atomic E-state index is 14.2. The molecule has 10 atom stereocenters. The average molecular weight is 1050 g/mol. The third kappa shape index (κ3) is 11.9. The largest absolute Gasteiger partial charge is 0.379 e. The van der Waals surface area contributed by atoms with Crippen molar-refractivity contribution < 1.29 is 28.7 Å². The average Bonchev–Trinajstić information content (AvgIpc) is 4.34. The molecule has 2 saturated carbocycles. The standard InChI is InChI=1S/2C33H37N3O3/c2*37-32(24-13-5-2-6-14-24)35-29-18-10-8-16-27(29)33(38)36-20-19-26-30(22-39-21-23-11-3-1-4-12-23)34-28-17-9-7-15-25(28)31(26)36/h2*1-7,9,11-15,17,26-27,29-31,34H,8,10,16,18-22H2,(H,35,37)/t26-,27+,29-,30+,31+;26-,27-,29+,30+,31+/m10/s1. The predicted octanol–water partition coefficient (Wildman–Crippen LogP) is 11.2. The van der Waals surface area contributed by atoms with Gasteiger partial charge in [-0.25, -0.2) is 0 Å². The number of hydrogen-bond acceptors (Lipinski definition) is 8. The molecule has 4 heterocycles. The van der Waals surface area contributed by atoms with Crippen LogP contribution in [0.2, 0.25) is 0 Å². The van der Waals surface area contributed by atoms with Crippen molar-refractivity contribution in [2.24, 2.45) is 23.7 Å². The number of nitrogens with zero attached hydrogens (tertiary/aromatic N) is 2. The summed E-state index contributed by atoms with van der Waals surface area (Å²) in [5, 5.41) is 13.9. The first-order valence-corrected chi connectivity index (χ1v) is 28.6. The van der Waals surface area contributed by atoms with Crippen molar-refractivity contribution in [1.82, 2.24) is 20.4 Å². The number of fused-ring (bicyclic) bond motifs is 6. The number of likely N-dealkylation sites (tertiary alicyclic amines) is 2. The third-order valence-electron chi connectivity index (χ3n) is 17.4. The van der Waals surface area contributed by atoms with Crippen LogP contribution in [0.4, 0.5) is 11.4 Å². The highest BCUT2D eigenvalue weighted by atomic mass is 16.5. The monoisotopic (exact) mass is 1050 g/mol. The molecule has 0 radical (unpaired) electrons. The number of rotatable bonds is 14. The number of carbonyl (C=O) groups excluding carboxylic acids is 4. The van der Waals surface area contributed by atoms with E-state index in [0.29, 0.717) is 37.6 Å². The van der Waals surface area contributed by atoms with Gasteiger partial charge < -0.3 is 40.5 Å². The van der Waals surface area contributed by atoms with E-state index in [0.717, 1.165) is 99.8 Å². The van der Waals surface area contributed by atoms with Gasteiger partial charge in [-0.2, -0.15) is 0 Å². The summed E-state index contributed by atoms with van der Waals surface area (Å²) in [4.78, 5) is 58.6. The lowest BCUT2D eigenvalue weighted by molar-refractivity contribution is -0.139. The number of amides is 4. The van der Waals surface area contributed by atoms with Gasteiger partial charge in [0.1, 0.15) is 0 Å². The molecule has 0 spiro atoms. The summed E-state index contributed by atoms with van der Waals surface area (Å²) in [6.45, 7) is 3.79. The summed E-state index contributed by atoms with van der Waals surface area (Å²) in [6, 6.07) is 55.9. The number of carbonyl (C=O) groups is 4. The number of hydrogen-bond donors (Lipinski definition) is 4. The molecule has 6 aromatic rings. The second-order valence-electron chi connectivity index (χ2n) is 22.2. The molecule has 404 valence electrons. The van der Waals surface area contributed by atoms with Crippen LogP contribution in [0, 0.1) is 23.7 Å². The van der Waals surface area contributed by atoms with Crippen LogP contribution in [0.1, 0.15) is 119 Å². The molecular formula is C66H74N6O6. The Labute approximate surface area is 459 Å². The summed E-state index contributed by atoms with van der Waals surface area (Å²) in [7, 11) is 0. The van der Waals surface area contributed by atoms with E-state index >= 15 is 0 Å². The minimum atomic E-state index is -0.194. The van der Waals surface area contributed by atoms with Crippen molar-refractivity contribution in [3.8, 4) is 0 Å². The zero-order valence-corrected chi connectivity index (χ0v) is 44.6. The first-order chi connectivity index (χ1) is 38.4. The van der Waals surface area contributed by atoms with Crippen LogP contribution in [-0.4, -0.2) is 83.9 Å². The van der Waals surface area contributed by atoms with E-state index in [4.69, 9.17) is 9.47 Å². The van der Waals surface area contributed by atoms with Gasteiger partial charge in [0.25, 0.3) is 11.8 Å². The fraction of sp³-hybridized carbons (Fsp3) is 0.394. The van der Waals surface area contributed by atoms with Crippen molar-refractivity contribution >= 4 is 35.0 Å². The normalized spacial score (nSPS) is 25.7. The van der Waals surface area contributed by atoms with E-state index in [2.05, 4.69) is 91.7 Å². The summed E-state index contributed by atoms with van der Waals surface area (Å²) in [5.41, 5.74) is 8.15. The van der Waals surface area contributed by atoms with Gasteiger partial charge in [0, 0.05) is 59.5 Å². The summed E-state index contributed by atoms with van der Waals surface area (Å²) in [6.07, 6.45) is 9.28. The first-order valence-electron chi connectivity index (χ1n) is 28.6. The molecule has 4 aliphatic heterocycles. The van der Waals surface area contributed by atoms with Crippen molar-refractivity contribution in [3.05, 3.63) is 203 Å². The predicted molar refractivity (Wildman–Crippen MR) is 304 cm³/mol. The lowest BCUT2D eigenvalue weighted by atomic mass is 9.81. The minimum Gasteiger partial charge on any atom is -0.379 e. The zero-order valence-electron chi connectivity index (χ0n) is 44.6. The highest BCUT2D eigenvalue weighted by Crippen LogP contribution is 2.49. The number of anilines is 2. The first kappa shape index (κ1) is 52.8. The van der Waals surface area contributed by atoms with Crippen LogP contribution in [0.3, 0.4) is 0 Å². The molecular weight excluding hydrogens is 973 g/mol. The second-order valence-corrected chi connectivity index (χ2v) is 22.2. The SMILES string of the molecule is O=C(N[C@@H]1CCCC[C@@H]1C(=O)N1CC[C@@H]2[C@H](COCc3ccccc3)Nc3ccccc3[C@@H]21)c1ccccc1.O=C(N[C@@H]1CCCC[C@@H]1C(=O)N1CC[C@@H]2[C@H]1c1ccccc1N[C@@H]2COCc1ccccc1)c1ccccc1. The Kier molecular flexibility index (Phi) is 16.9. The van der Waals surface area contributed by atoms with Gasteiger partial charge >= 0.3 is 0 Å². The Bertz CT molecular complexity index is 2760. The third-order valence-corrected chi connectivity index (χ3v) is 17.4. The molecule has 2 aliphatic carbocycles. The maximum Gasteiger partial charge on any atom is 0.251 e. The van der Waals surface area contributed by atoms with Crippen LogP contribution >= 0.6 is 0 Å². The Balaban J connectivity index is 0.000000165. The fourth-order valence-electron chi connectivity index (χ4n) is 13.5. The molecule has 0 aromatic heterocycles. The van der Waals surface area contributed by atoms with E-state index in [1.807, 2.05) is 109 Å². The lowest BCUT2D eigenvalue weighted by Gasteiger charge is -2.41. The molecule has 0 bridgehead atoms. The highest BCUT2D eigenvalue weighted by Gasteiger charge is 2.50. The number of nitrogens with one attached hydrogen (secondary N) is 4. The minimum absolute atomic E-state index is 0.0210. The number of ether oxygens (including phenoxy) is 2. The Morgan fingerprint density at radius 1 is 0.436 bits per heavy atom. The van der Waals surface area contributed by atoms with Crippen LogP contribution in [0.5, 0.6) is 0 Å². The lowest BCUT2D eigenvalue weighted by Crippen LogP contribution is -2.50. The quantitative estimate of drug-likeness (QED) is 0.0845. The molecule has 6 aliphatic rings. The molecule has 4 amide bonds. The van der Waals surface area contributed by atoms with E-state index < -0.39 is 0 Å². The van der Waals surface area contributed by atoms with Gasteiger partial charge in [-0.3, -0.25) is 19.2 Å². The van der Waals surface area contributed by atoms with Crippen LogP contribution in [0.25, 0.3) is 0 Å². The topological polar surface area (TPSA) is 141 Å². The molecule has 12 heteroatoms. The fourth-order valence-corrected chi connectivity index (χ4v) is 13.5. The molecule has 4 N–H and O–H groups in total. The van der Waals surface area contributed by atoms with Gasteiger partial charge in [-0.1, -0.05) is 159 Å². The second kappa shape index (κ2) is 25.0. The molecule has 2 saturated heterocycles. The van der Waals surface area contributed by atoms with Crippen LogP contribution in [-0.2, 0) is 32.3 Å². The van der Waals surface area contributed by atoms with Gasteiger partial charge in [0.05, 0.1) is 62.4 Å². The summed E-state index contributed by atoms with van der Waals surface area (Å²) >= 11 is 0. The van der Waals surface area contributed by atoms with Gasteiger partial charge in [0.15, 0.2) is 0 Å². The number of para-hydroxylation sites is 2. The Morgan fingerprint density at radius 3 is 1.21 bits per heavy atom. The van der Waals surface area contributed by atoms with E-state index in [1.165, 1.54) is 11.1 Å². The smallest absolute Gasteiger partial charge is 0.251 e. The van der Waals surface area contributed by atoms with Gasteiger partial charge in [-0.15, -0.1) is 0 Å². The summed E-state index contributed by atoms with van der Waals surface area (Å²) < 4.78 is 12.4. The van der Waals surface area contributed by atoms with Crippen molar-refractivity contribution in [1.29, 1.82) is 0 Å². The maximum absolute atomic E-state index is 14.2. The Hall–Kier alpha value is -7.28. The van der Waals surface area contributed by atoms with Crippen molar-refractivity contribution in [2.45, 2.75) is 114 Å². The van der Waals surface area contributed by atoms with Crippen LogP contribution in [0.15, 0.2) is 170 Å². The van der Waals surface area contributed by atoms with Crippen molar-refractivity contribution in [2.75, 3.05) is 36.9 Å². The highest BCUT2D eigenvalue weighted by molar-refractivity contribution is 5.95.